The molecule has 0 atom stereocenters. The molecule has 0 aliphatic carbocycles. The number of aryl methyl sites for hydroxylation is 1. The number of carbonyl (C=O) groups excluding carboxylic acids is 2. The van der Waals surface area contributed by atoms with Gasteiger partial charge in [-0.25, -0.2) is 8.78 Å². The minimum Gasteiger partial charge on any atom is -0.455 e. The summed E-state index contributed by atoms with van der Waals surface area (Å²) in [5.74, 6) is -3.25. The third-order valence-electron chi connectivity index (χ3n) is 3.16. The van der Waals surface area contributed by atoms with E-state index < -0.39 is 30.1 Å². The van der Waals surface area contributed by atoms with Gasteiger partial charge in [0.05, 0.1) is 6.42 Å². The van der Waals surface area contributed by atoms with Crippen molar-refractivity contribution in [3.8, 4) is 0 Å². The van der Waals surface area contributed by atoms with Gasteiger partial charge in [0.15, 0.2) is 18.2 Å². The van der Waals surface area contributed by atoms with Crippen LogP contribution in [0.2, 0.25) is 0 Å². The van der Waals surface area contributed by atoms with Gasteiger partial charge in [-0.15, -0.1) is 0 Å². The number of anilines is 1. The fraction of sp³-hybridized carbons (Fsp3) is 0.176. The standard InChI is InChI=1S/C17H15F2NO3/c1-11-4-2-3-5-12(11)8-17(22)23-10-16(21)20-13-6-7-14(18)15(19)9-13/h2-7,9H,8,10H2,1H3,(H,20,21). The Kier molecular flexibility index (Phi) is 5.41. The van der Waals surface area contributed by atoms with Gasteiger partial charge in [0.1, 0.15) is 0 Å². The molecule has 1 N–H and O–H groups in total. The zero-order valence-corrected chi connectivity index (χ0v) is 12.4. The van der Waals surface area contributed by atoms with Crippen molar-refractivity contribution in [1.29, 1.82) is 0 Å². The van der Waals surface area contributed by atoms with Crippen molar-refractivity contribution in [2.24, 2.45) is 0 Å². The predicted octanol–water partition coefficient (Wildman–Crippen LogP) is 3.00. The zero-order chi connectivity index (χ0) is 16.8. The topological polar surface area (TPSA) is 55.4 Å². The molecule has 1 amide bonds. The minimum absolute atomic E-state index is 0.0606. The number of hydrogen-bond acceptors (Lipinski definition) is 3. The number of hydrogen-bond donors (Lipinski definition) is 1. The van der Waals surface area contributed by atoms with E-state index in [0.717, 1.165) is 23.3 Å². The Morgan fingerprint density at radius 3 is 2.52 bits per heavy atom. The molecule has 0 bridgehead atoms. The maximum atomic E-state index is 13.0. The van der Waals surface area contributed by atoms with Crippen molar-refractivity contribution in [3.63, 3.8) is 0 Å². The Labute approximate surface area is 132 Å². The number of nitrogens with one attached hydrogen (secondary N) is 1. The Balaban J connectivity index is 1.83. The van der Waals surface area contributed by atoms with Crippen LogP contribution in [-0.2, 0) is 20.7 Å². The SMILES string of the molecule is Cc1ccccc1CC(=O)OCC(=O)Nc1ccc(F)c(F)c1. The first-order valence-electron chi connectivity index (χ1n) is 6.91. The van der Waals surface area contributed by atoms with Crippen molar-refractivity contribution in [1.82, 2.24) is 0 Å². The van der Waals surface area contributed by atoms with Gasteiger partial charge in [-0.05, 0) is 30.2 Å². The molecule has 120 valence electrons. The van der Waals surface area contributed by atoms with Crippen LogP contribution >= 0.6 is 0 Å². The zero-order valence-electron chi connectivity index (χ0n) is 12.4. The highest BCUT2D eigenvalue weighted by atomic mass is 19.2. The Bertz CT molecular complexity index is 732. The first-order valence-corrected chi connectivity index (χ1v) is 6.91. The van der Waals surface area contributed by atoms with Crippen LogP contribution in [0.5, 0.6) is 0 Å². The maximum Gasteiger partial charge on any atom is 0.310 e. The van der Waals surface area contributed by atoms with Crippen LogP contribution in [0.3, 0.4) is 0 Å². The highest BCUT2D eigenvalue weighted by molar-refractivity contribution is 5.92. The summed E-state index contributed by atoms with van der Waals surface area (Å²) in [7, 11) is 0. The molecule has 0 radical (unpaired) electrons. The highest BCUT2D eigenvalue weighted by Gasteiger charge is 2.11. The lowest BCUT2D eigenvalue weighted by Crippen LogP contribution is -2.21. The predicted molar refractivity (Wildman–Crippen MR) is 80.8 cm³/mol. The first kappa shape index (κ1) is 16.6. The van der Waals surface area contributed by atoms with Crippen molar-refractivity contribution in [2.75, 3.05) is 11.9 Å². The fourth-order valence-electron chi connectivity index (χ4n) is 1.93. The summed E-state index contributed by atoms with van der Waals surface area (Å²) in [6.07, 6.45) is 0.0606. The summed E-state index contributed by atoms with van der Waals surface area (Å²) in [6, 6.07) is 10.3. The molecule has 0 fully saturated rings. The molecule has 0 saturated carbocycles. The summed E-state index contributed by atoms with van der Waals surface area (Å²) in [6.45, 7) is 1.38. The van der Waals surface area contributed by atoms with Crippen LogP contribution in [0.4, 0.5) is 14.5 Å². The van der Waals surface area contributed by atoms with Gasteiger partial charge < -0.3 is 10.1 Å². The van der Waals surface area contributed by atoms with E-state index in [1.54, 1.807) is 6.07 Å². The van der Waals surface area contributed by atoms with Crippen LogP contribution in [0.15, 0.2) is 42.5 Å². The van der Waals surface area contributed by atoms with Crippen molar-refractivity contribution >= 4 is 17.6 Å². The molecule has 2 rings (SSSR count). The number of carbonyl (C=O) groups is 2. The van der Waals surface area contributed by atoms with Gasteiger partial charge in [0, 0.05) is 11.8 Å². The molecule has 0 aliphatic heterocycles. The fourth-order valence-corrected chi connectivity index (χ4v) is 1.93. The monoisotopic (exact) mass is 319 g/mol. The third kappa shape index (κ3) is 4.88. The van der Waals surface area contributed by atoms with Crippen LogP contribution < -0.4 is 5.32 Å². The average Bonchev–Trinajstić information content (AvgIpc) is 2.51. The van der Waals surface area contributed by atoms with Crippen molar-refractivity contribution in [3.05, 3.63) is 65.2 Å². The summed E-state index contributed by atoms with van der Waals surface area (Å²) in [5.41, 5.74) is 1.86. The normalized spacial score (nSPS) is 10.2. The molecule has 0 heterocycles. The second-order valence-corrected chi connectivity index (χ2v) is 4.94. The van der Waals surface area contributed by atoms with Gasteiger partial charge in [0.25, 0.3) is 5.91 Å². The lowest BCUT2D eigenvalue weighted by Gasteiger charge is -2.08. The number of ether oxygens (including phenoxy) is 1. The molecule has 6 heteroatoms. The van der Waals surface area contributed by atoms with Crippen molar-refractivity contribution in [2.45, 2.75) is 13.3 Å². The van der Waals surface area contributed by atoms with E-state index in [2.05, 4.69) is 5.32 Å². The van der Waals surface area contributed by atoms with Crippen molar-refractivity contribution < 1.29 is 23.1 Å². The molecule has 4 nitrogen and oxygen atoms in total. The van der Waals surface area contributed by atoms with Crippen LogP contribution in [0.25, 0.3) is 0 Å². The maximum absolute atomic E-state index is 13.0. The molecule has 0 aliphatic rings. The lowest BCUT2D eigenvalue weighted by molar-refractivity contribution is -0.146. The minimum atomic E-state index is -1.07. The number of rotatable bonds is 5. The number of benzene rings is 2. The van der Waals surface area contributed by atoms with Gasteiger partial charge in [0.2, 0.25) is 0 Å². The third-order valence-corrected chi connectivity index (χ3v) is 3.16. The van der Waals surface area contributed by atoms with E-state index >= 15 is 0 Å². The molecule has 0 saturated heterocycles. The number of esters is 1. The Morgan fingerprint density at radius 1 is 1.09 bits per heavy atom. The molecule has 0 unspecified atom stereocenters. The van der Waals surface area contributed by atoms with Gasteiger partial charge in [-0.3, -0.25) is 9.59 Å². The molecule has 0 aromatic heterocycles. The second-order valence-electron chi connectivity index (χ2n) is 4.94. The Morgan fingerprint density at radius 2 is 1.83 bits per heavy atom. The number of amides is 1. The largest absolute Gasteiger partial charge is 0.455 e. The average molecular weight is 319 g/mol. The van der Waals surface area contributed by atoms with E-state index in [1.165, 1.54) is 6.07 Å². The van der Waals surface area contributed by atoms with E-state index in [9.17, 15) is 18.4 Å². The van der Waals surface area contributed by atoms with E-state index in [1.807, 2.05) is 25.1 Å². The van der Waals surface area contributed by atoms with E-state index in [-0.39, 0.29) is 12.1 Å². The molecule has 2 aromatic rings. The van der Waals surface area contributed by atoms with E-state index in [4.69, 9.17) is 4.74 Å². The van der Waals surface area contributed by atoms with Crippen LogP contribution in [0.1, 0.15) is 11.1 Å². The Hall–Kier alpha value is -2.76. The molecule has 0 spiro atoms. The molecular weight excluding hydrogens is 304 g/mol. The van der Waals surface area contributed by atoms with Crippen LogP contribution in [0, 0.1) is 18.6 Å². The van der Waals surface area contributed by atoms with Crippen LogP contribution in [-0.4, -0.2) is 18.5 Å². The summed E-state index contributed by atoms with van der Waals surface area (Å²) < 4.78 is 30.7. The highest BCUT2D eigenvalue weighted by Crippen LogP contribution is 2.13. The quantitative estimate of drug-likeness (QED) is 0.862. The summed E-state index contributed by atoms with van der Waals surface area (Å²) >= 11 is 0. The molecule has 23 heavy (non-hydrogen) atoms. The first-order chi connectivity index (χ1) is 11.0. The summed E-state index contributed by atoms with van der Waals surface area (Å²) in [5, 5.41) is 2.32. The van der Waals surface area contributed by atoms with Gasteiger partial charge in [-0.1, -0.05) is 24.3 Å². The van der Waals surface area contributed by atoms with Gasteiger partial charge in [-0.2, -0.15) is 0 Å². The smallest absolute Gasteiger partial charge is 0.310 e. The molecule has 2 aromatic carbocycles. The van der Waals surface area contributed by atoms with E-state index in [0.29, 0.717) is 0 Å². The lowest BCUT2D eigenvalue weighted by atomic mass is 10.1. The molecular formula is C17H15F2NO3. The van der Waals surface area contributed by atoms with Gasteiger partial charge >= 0.3 is 5.97 Å². The summed E-state index contributed by atoms with van der Waals surface area (Å²) in [4.78, 5) is 23.3. The second kappa shape index (κ2) is 7.49. The number of halogens is 2.